The van der Waals surface area contributed by atoms with Gasteiger partial charge in [0.15, 0.2) is 5.69 Å². The zero-order valence-corrected chi connectivity index (χ0v) is 16.0. The molecule has 1 amide bonds. The summed E-state index contributed by atoms with van der Waals surface area (Å²) in [6.07, 6.45) is 2.45. The van der Waals surface area contributed by atoms with Crippen molar-refractivity contribution in [2.24, 2.45) is 11.5 Å². The molecule has 3 aromatic rings. The molecule has 4 rings (SSSR count). The number of carbonyl (C=O) groups is 1. The Morgan fingerprint density at radius 2 is 2.19 bits per heavy atom. The van der Waals surface area contributed by atoms with Crippen LogP contribution in [0, 0.1) is 0 Å². The van der Waals surface area contributed by atoms with Crippen molar-refractivity contribution in [3.63, 3.8) is 0 Å². The van der Waals surface area contributed by atoms with Crippen molar-refractivity contribution in [3.05, 3.63) is 41.2 Å². The van der Waals surface area contributed by atoms with Gasteiger partial charge in [-0.15, -0.1) is 0 Å². The number of fused-ring (bicyclic) bond motifs is 1. The first kappa shape index (κ1) is 18.1. The van der Waals surface area contributed by atoms with Crippen LogP contribution in [0.15, 0.2) is 30.5 Å². The van der Waals surface area contributed by atoms with Crippen molar-refractivity contribution < 1.29 is 4.79 Å². The number of para-hydroxylation sites is 1. The van der Waals surface area contributed by atoms with Gasteiger partial charge < -0.3 is 21.8 Å². The van der Waals surface area contributed by atoms with E-state index in [9.17, 15) is 4.79 Å². The van der Waals surface area contributed by atoms with Crippen LogP contribution in [0.3, 0.4) is 0 Å². The number of H-pyrrole nitrogens is 1. The van der Waals surface area contributed by atoms with Crippen LogP contribution in [0.5, 0.6) is 0 Å². The summed E-state index contributed by atoms with van der Waals surface area (Å²) >= 11 is 8.39. The Morgan fingerprint density at radius 3 is 2.93 bits per heavy atom. The van der Waals surface area contributed by atoms with E-state index in [0.29, 0.717) is 22.2 Å². The second kappa shape index (κ2) is 7.38. The molecule has 9 heteroatoms. The summed E-state index contributed by atoms with van der Waals surface area (Å²) in [7, 11) is 0. The fourth-order valence-corrected chi connectivity index (χ4v) is 4.67. The minimum Gasteiger partial charge on any atom is -0.364 e. The third-order valence-electron chi connectivity index (χ3n) is 4.63. The van der Waals surface area contributed by atoms with Crippen LogP contribution < -0.4 is 16.8 Å². The molecule has 3 heterocycles. The van der Waals surface area contributed by atoms with Crippen LogP contribution in [0.2, 0.25) is 5.02 Å². The molecule has 1 fully saturated rings. The highest BCUT2D eigenvalue weighted by molar-refractivity contribution is 7.99. The van der Waals surface area contributed by atoms with Crippen LogP contribution in [0.4, 0.5) is 5.82 Å². The molecule has 2 aromatic heterocycles. The summed E-state index contributed by atoms with van der Waals surface area (Å²) < 4.78 is 0. The third kappa shape index (κ3) is 3.47. The van der Waals surface area contributed by atoms with Gasteiger partial charge >= 0.3 is 0 Å². The number of aromatic nitrogens is 3. The Kier molecular flexibility index (Phi) is 4.94. The molecule has 1 aromatic carbocycles. The van der Waals surface area contributed by atoms with Crippen LogP contribution in [-0.4, -0.2) is 44.4 Å². The smallest absolute Gasteiger partial charge is 0.269 e. The summed E-state index contributed by atoms with van der Waals surface area (Å²) in [6.45, 7) is 0. The first-order valence-electron chi connectivity index (χ1n) is 8.58. The second-order valence-corrected chi connectivity index (χ2v) is 7.98. The number of carbonyl (C=O) groups excluding carboxylic acids is 1. The lowest BCUT2D eigenvalue weighted by atomic mass is 10.1. The third-order valence-corrected chi connectivity index (χ3v) is 6.14. The van der Waals surface area contributed by atoms with E-state index in [0.717, 1.165) is 28.8 Å². The van der Waals surface area contributed by atoms with Gasteiger partial charge in [0, 0.05) is 22.7 Å². The molecule has 0 unspecified atom stereocenters. The predicted octanol–water partition coefficient (Wildman–Crippen LogP) is 2.62. The number of primary amides is 1. The second-order valence-electron chi connectivity index (χ2n) is 6.45. The lowest BCUT2D eigenvalue weighted by Gasteiger charge is -2.29. The molecule has 7 nitrogen and oxygen atoms in total. The molecular formula is C18H19ClN6OS. The Hall–Kier alpha value is -2.29. The number of amides is 1. The Bertz CT molecular complexity index is 1010. The molecule has 0 spiro atoms. The predicted molar refractivity (Wildman–Crippen MR) is 110 cm³/mol. The normalized spacial score (nSPS) is 19.9. The van der Waals surface area contributed by atoms with Crippen LogP contribution in [0.1, 0.15) is 16.9 Å². The number of hydrogen-bond acceptors (Lipinski definition) is 6. The lowest BCUT2D eigenvalue weighted by molar-refractivity contribution is 0.0996. The van der Waals surface area contributed by atoms with E-state index in [1.807, 2.05) is 36.0 Å². The summed E-state index contributed by atoms with van der Waals surface area (Å²) in [5, 5.41) is 4.65. The van der Waals surface area contributed by atoms with E-state index in [-0.39, 0.29) is 17.8 Å². The number of anilines is 1. The van der Waals surface area contributed by atoms with Crippen molar-refractivity contribution in [1.82, 2.24) is 15.0 Å². The van der Waals surface area contributed by atoms with E-state index >= 15 is 0 Å². The van der Waals surface area contributed by atoms with Crippen molar-refractivity contribution >= 4 is 46.0 Å². The highest BCUT2D eigenvalue weighted by Crippen LogP contribution is 2.35. The average molecular weight is 403 g/mol. The zero-order valence-electron chi connectivity index (χ0n) is 14.4. The quantitative estimate of drug-likeness (QED) is 0.532. The van der Waals surface area contributed by atoms with Gasteiger partial charge in [0.2, 0.25) is 0 Å². The van der Waals surface area contributed by atoms with Gasteiger partial charge in [-0.25, -0.2) is 9.97 Å². The molecule has 1 aliphatic rings. The van der Waals surface area contributed by atoms with E-state index in [1.165, 1.54) is 6.20 Å². The first-order chi connectivity index (χ1) is 13.0. The van der Waals surface area contributed by atoms with Crippen LogP contribution in [0.25, 0.3) is 22.3 Å². The highest BCUT2D eigenvalue weighted by atomic mass is 35.5. The van der Waals surface area contributed by atoms with Gasteiger partial charge in [-0.2, -0.15) is 11.8 Å². The molecule has 140 valence electrons. The van der Waals surface area contributed by atoms with Gasteiger partial charge in [0.1, 0.15) is 11.5 Å². The SMILES string of the molecule is NC(=O)c1ncc(N[C@@H]2CSCC[C@@H]2N)nc1-c1[nH]c2ccccc2c1Cl. The number of nitrogens with one attached hydrogen (secondary N) is 2. The molecule has 0 aliphatic carbocycles. The number of nitrogens with zero attached hydrogens (tertiary/aromatic N) is 2. The summed E-state index contributed by atoms with van der Waals surface area (Å²) in [5.41, 5.74) is 13.5. The molecule has 0 radical (unpaired) electrons. The number of thioether (sulfide) groups is 1. The van der Waals surface area contributed by atoms with Gasteiger partial charge in [0.25, 0.3) is 5.91 Å². The average Bonchev–Trinajstić information content (AvgIpc) is 3.00. The first-order valence-corrected chi connectivity index (χ1v) is 10.1. The zero-order chi connectivity index (χ0) is 19.0. The molecule has 6 N–H and O–H groups in total. The van der Waals surface area contributed by atoms with E-state index in [2.05, 4.69) is 20.3 Å². The standard InChI is InChI=1S/C18H19ClN6OS/c19-14-9-3-1-2-4-11(9)24-15(14)16-17(18(21)26)22-7-13(25-16)23-12-8-27-6-5-10(12)20/h1-4,7,10,12,24H,5-6,8,20H2,(H2,21,26)(H,23,25)/t10-,12+/m0/s1. The molecular weight excluding hydrogens is 384 g/mol. The van der Waals surface area contributed by atoms with Crippen molar-refractivity contribution in [1.29, 1.82) is 0 Å². The van der Waals surface area contributed by atoms with Gasteiger partial charge in [-0.05, 0) is 18.2 Å². The number of hydrogen-bond donors (Lipinski definition) is 4. The summed E-state index contributed by atoms with van der Waals surface area (Å²) in [4.78, 5) is 23.9. The van der Waals surface area contributed by atoms with E-state index < -0.39 is 5.91 Å². The number of aromatic amines is 1. The highest BCUT2D eigenvalue weighted by Gasteiger charge is 2.24. The molecule has 1 aliphatic heterocycles. The molecule has 2 atom stereocenters. The van der Waals surface area contributed by atoms with Crippen molar-refractivity contribution in [2.75, 3.05) is 16.8 Å². The maximum absolute atomic E-state index is 11.9. The van der Waals surface area contributed by atoms with Gasteiger partial charge in [-0.1, -0.05) is 29.8 Å². The summed E-state index contributed by atoms with van der Waals surface area (Å²) in [5.74, 6) is 1.82. The number of benzene rings is 1. The van der Waals surface area contributed by atoms with Crippen LogP contribution in [-0.2, 0) is 0 Å². The van der Waals surface area contributed by atoms with E-state index in [4.69, 9.17) is 23.1 Å². The number of nitrogens with two attached hydrogens (primary N) is 2. The minimum absolute atomic E-state index is 0.0454. The Morgan fingerprint density at radius 1 is 1.37 bits per heavy atom. The van der Waals surface area contributed by atoms with Crippen molar-refractivity contribution in [3.8, 4) is 11.4 Å². The van der Waals surface area contributed by atoms with Crippen LogP contribution >= 0.6 is 23.4 Å². The molecule has 27 heavy (non-hydrogen) atoms. The Balaban J connectivity index is 1.77. The molecule has 0 saturated carbocycles. The fraction of sp³-hybridized carbons (Fsp3) is 0.278. The largest absolute Gasteiger partial charge is 0.364 e. The fourth-order valence-electron chi connectivity index (χ4n) is 3.18. The maximum Gasteiger partial charge on any atom is 0.269 e. The number of rotatable bonds is 4. The molecule has 0 bridgehead atoms. The Labute approximate surface area is 165 Å². The lowest BCUT2D eigenvalue weighted by Crippen LogP contribution is -2.45. The minimum atomic E-state index is -0.663. The van der Waals surface area contributed by atoms with Crippen molar-refractivity contribution in [2.45, 2.75) is 18.5 Å². The maximum atomic E-state index is 11.9. The van der Waals surface area contributed by atoms with E-state index in [1.54, 1.807) is 0 Å². The molecule has 1 saturated heterocycles. The monoisotopic (exact) mass is 402 g/mol. The van der Waals surface area contributed by atoms with Gasteiger partial charge in [-0.3, -0.25) is 4.79 Å². The topological polar surface area (TPSA) is 123 Å². The summed E-state index contributed by atoms with van der Waals surface area (Å²) in [6, 6.07) is 7.73. The number of halogens is 1. The van der Waals surface area contributed by atoms with Gasteiger partial charge in [0.05, 0.1) is 23.0 Å².